The minimum atomic E-state index is -1.13. The summed E-state index contributed by atoms with van der Waals surface area (Å²) in [5.74, 6) is -2.72. The molecule has 1 unspecified atom stereocenters. The highest BCUT2D eigenvalue weighted by molar-refractivity contribution is 5.75. The summed E-state index contributed by atoms with van der Waals surface area (Å²) >= 11 is 0. The van der Waals surface area contributed by atoms with Gasteiger partial charge in [0.05, 0.1) is 32.6 Å². The highest BCUT2D eigenvalue weighted by Crippen LogP contribution is 2.18. The largest absolute Gasteiger partial charge is 0.481 e. The first-order valence-corrected chi connectivity index (χ1v) is 12.3. The average Bonchev–Trinajstić information content (AvgIpc) is 2.70. The summed E-state index contributed by atoms with van der Waals surface area (Å²) in [4.78, 5) is 22.2. The van der Waals surface area contributed by atoms with Crippen LogP contribution in [-0.4, -0.2) is 59.4 Å². The van der Waals surface area contributed by atoms with Crippen molar-refractivity contribution in [2.24, 2.45) is 11.7 Å². The van der Waals surface area contributed by atoms with E-state index in [1.54, 1.807) is 0 Å². The van der Waals surface area contributed by atoms with E-state index in [1.807, 2.05) is 0 Å². The van der Waals surface area contributed by atoms with Crippen LogP contribution in [0.3, 0.4) is 0 Å². The molecule has 0 fully saturated rings. The molecule has 2 atom stereocenters. The van der Waals surface area contributed by atoms with Crippen LogP contribution in [-0.2, 0) is 9.59 Å². The monoisotopic (exact) mass is 429 g/mol. The molecule has 30 heavy (non-hydrogen) atoms. The van der Waals surface area contributed by atoms with Gasteiger partial charge in [0.25, 0.3) is 0 Å². The van der Waals surface area contributed by atoms with Crippen LogP contribution in [0.2, 0.25) is 0 Å². The van der Waals surface area contributed by atoms with Crippen LogP contribution in [0.5, 0.6) is 0 Å². The van der Waals surface area contributed by atoms with E-state index in [-0.39, 0.29) is 6.42 Å². The van der Waals surface area contributed by atoms with E-state index in [4.69, 9.17) is 10.8 Å². The van der Waals surface area contributed by atoms with Crippen molar-refractivity contribution in [3.63, 3.8) is 0 Å². The molecule has 0 aromatic rings. The highest BCUT2D eigenvalue weighted by atomic mass is 16.4. The van der Waals surface area contributed by atoms with Crippen LogP contribution in [0.1, 0.15) is 104 Å². The summed E-state index contributed by atoms with van der Waals surface area (Å²) in [6.45, 7) is 8.23. The number of carbonyl (C=O) groups is 2. The second kappa shape index (κ2) is 17.5. The number of carboxylic acids is 2. The summed E-state index contributed by atoms with van der Waals surface area (Å²) in [5.41, 5.74) is 5.51. The van der Waals surface area contributed by atoms with Crippen LogP contribution in [0, 0.1) is 5.92 Å². The number of carboxylic acid groups (broad SMARTS) is 2. The minimum absolute atomic E-state index is 0.00907. The van der Waals surface area contributed by atoms with E-state index in [1.165, 1.54) is 81.9 Å². The van der Waals surface area contributed by atoms with Gasteiger partial charge < -0.3 is 20.4 Å². The topological polar surface area (TPSA) is 101 Å². The van der Waals surface area contributed by atoms with Crippen LogP contribution in [0.15, 0.2) is 0 Å². The number of nitrogens with zero attached hydrogens (tertiary/aromatic N) is 1. The van der Waals surface area contributed by atoms with Crippen molar-refractivity contribution in [3.05, 3.63) is 0 Å². The van der Waals surface area contributed by atoms with Gasteiger partial charge >= 0.3 is 11.9 Å². The van der Waals surface area contributed by atoms with E-state index in [2.05, 4.69) is 20.9 Å². The maximum absolute atomic E-state index is 11.4. The van der Waals surface area contributed by atoms with Crippen molar-refractivity contribution in [3.8, 4) is 0 Å². The number of nitrogens with two attached hydrogens (primary N) is 1. The van der Waals surface area contributed by atoms with Gasteiger partial charge in [0.15, 0.2) is 0 Å². The second-order valence-corrected chi connectivity index (χ2v) is 9.33. The molecular weight excluding hydrogens is 380 g/mol. The molecule has 0 rings (SSSR count). The summed E-state index contributed by atoms with van der Waals surface area (Å²) < 4.78 is 1.17. The van der Waals surface area contributed by atoms with Crippen molar-refractivity contribution >= 4 is 11.9 Å². The molecule has 0 bridgehead atoms. The maximum atomic E-state index is 11.4. The SMILES string of the molecule is CCCCCC[N+](C)(CCCCCC)CCCCCCC(C[C@@H](N)C(=O)O)C(=O)O. The van der Waals surface area contributed by atoms with Gasteiger partial charge in [-0.3, -0.25) is 9.59 Å². The fraction of sp³-hybridized carbons (Fsp3) is 0.917. The molecule has 0 amide bonds. The molecule has 6 nitrogen and oxygen atoms in total. The Labute approximate surface area is 184 Å². The molecule has 0 aliphatic rings. The number of aliphatic carboxylic acids is 2. The number of hydrogen-bond acceptors (Lipinski definition) is 3. The first kappa shape index (κ1) is 28.9. The minimum Gasteiger partial charge on any atom is -0.481 e. The third-order valence-corrected chi connectivity index (χ3v) is 6.31. The predicted molar refractivity (Wildman–Crippen MR) is 124 cm³/mol. The second-order valence-electron chi connectivity index (χ2n) is 9.33. The predicted octanol–water partition coefficient (Wildman–Crippen LogP) is 5.05. The molecule has 0 aromatic heterocycles. The summed E-state index contributed by atoms with van der Waals surface area (Å²) in [7, 11) is 2.41. The van der Waals surface area contributed by atoms with Crippen LogP contribution in [0.25, 0.3) is 0 Å². The Balaban J connectivity index is 4.27. The molecule has 0 aromatic carbocycles. The third-order valence-electron chi connectivity index (χ3n) is 6.31. The van der Waals surface area contributed by atoms with Gasteiger partial charge in [-0.2, -0.15) is 0 Å². The number of hydrogen-bond donors (Lipinski definition) is 3. The van der Waals surface area contributed by atoms with Gasteiger partial charge in [0, 0.05) is 0 Å². The van der Waals surface area contributed by atoms with Crippen molar-refractivity contribution in [2.45, 2.75) is 110 Å². The molecule has 0 aliphatic carbocycles. The fourth-order valence-electron chi connectivity index (χ4n) is 4.16. The zero-order valence-corrected chi connectivity index (χ0v) is 19.9. The first-order valence-electron chi connectivity index (χ1n) is 12.3. The Bertz CT molecular complexity index is 444. The smallest absolute Gasteiger partial charge is 0.320 e. The van der Waals surface area contributed by atoms with E-state index < -0.39 is 23.9 Å². The molecule has 0 radical (unpaired) electrons. The molecule has 4 N–H and O–H groups in total. The Hall–Kier alpha value is -1.14. The lowest BCUT2D eigenvalue weighted by Gasteiger charge is -2.35. The Kier molecular flexibility index (Phi) is 16.9. The molecular formula is C24H49N2O4+. The van der Waals surface area contributed by atoms with Crippen molar-refractivity contribution in [2.75, 3.05) is 26.7 Å². The maximum Gasteiger partial charge on any atom is 0.320 e. The lowest BCUT2D eigenvalue weighted by atomic mass is 9.94. The van der Waals surface area contributed by atoms with Gasteiger partial charge in [0.2, 0.25) is 0 Å². The average molecular weight is 430 g/mol. The number of rotatable bonds is 21. The standard InChI is InChI=1S/C24H48N2O4/c1-4-6-8-13-17-26(3,18-14-9-7-5-2)19-15-11-10-12-16-21(23(27)28)20-22(25)24(29)30/h21-22H,4-20,25H2,1-3H3,(H-,27,28,29,30)/p+1/t21?,22-/m1/s1. The quantitative estimate of drug-likeness (QED) is 0.175. The lowest BCUT2D eigenvalue weighted by Crippen LogP contribution is -2.46. The number of quaternary nitrogens is 1. The van der Waals surface area contributed by atoms with Crippen LogP contribution >= 0.6 is 0 Å². The van der Waals surface area contributed by atoms with E-state index in [0.29, 0.717) is 6.42 Å². The fourth-order valence-corrected chi connectivity index (χ4v) is 4.16. The molecule has 0 heterocycles. The van der Waals surface area contributed by atoms with E-state index >= 15 is 0 Å². The van der Waals surface area contributed by atoms with Crippen molar-refractivity contribution in [1.82, 2.24) is 0 Å². The van der Waals surface area contributed by atoms with Crippen LogP contribution < -0.4 is 5.73 Å². The molecule has 0 aliphatic heterocycles. The first-order chi connectivity index (χ1) is 14.3. The van der Waals surface area contributed by atoms with Gasteiger partial charge in [-0.05, 0) is 51.4 Å². The highest BCUT2D eigenvalue weighted by Gasteiger charge is 2.24. The Morgan fingerprint density at radius 1 is 0.733 bits per heavy atom. The molecule has 0 saturated heterocycles. The van der Waals surface area contributed by atoms with E-state index in [0.717, 1.165) is 19.3 Å². The molecule has 178 valence electrons. The zero-order chi connectivity index (χ0) is 22.8. The summed E-state index contributed by atoms with van der Waals surface area (Å²) in [5, 5.41) is 18.2. The van der Waals surface area contributed by atoms with Gasteiger partial charge in [-0.15, -0.1) is 0 Å². The molecule has 0 saturated carbocycles. The van der Waals surface area contributed by atoms with Gasteiger partial charge in [-0.1, -0.05) is 52.4 Å². The summed E-state index contributed by atoms with van der Waals surface area (Å²) in [6.07, 6.45) is 15.1. The lowest BCUT2D eigenvalue weighted by molar-refractivity contribution is -0.910. The molecule has 0 spiro atoms. The summed E-state index contributed by atoms with van der Waals surface area (Å²) in [6, 6.07) is -1.09. The van der Waals surface area contributed by atoms with Crippen molar-refractivity contribution < 1.29 is 24.3 Å². The van der Waals surface area contributed by atoms with Gasteiger partial charge in [-0.25, -0.2) is 0 Å². The van der Waals surface area contributed by atoms with Crippen LogP contribution in [0.4, 0.5) is 0 Å². The Morgan fingerprint density at radius 2 is 1.17 bits per heavy atom. The molecule has 6 heteroatoms. The normalized spacial score (nSPS) is 13.9. The number of unbranched alkanes of at least 4 members (excludes halogenated alkanes) is 9. The third kappa shape index (κ3) is 14.8. The zero-order valence-electron chi connectivity index (χ0n) is 19.9. The van der Waals surface area contributed by atoms with Crippen molar-refractivity contribution in [1.29, 1.82) is 0 Å². The Morgan fingerprint density at radius 3 is 1.57 bits per heavy atom. The van der Waals surface area contributed by atoms with Gasteiger partial charge in [0.1, 0.15) is 6.04 Å². The van der Waals surface area contributed by atoms with E-state index in [9.17, 15) is 14.7 Å².